The van der Waals surface area contributed by atoms with E-state index < -0.39 is 4.92 Å². The molecule has 1 aliphatic heterocycles. The lowest BCUT2D eigenvalue weighted by Crippen LogP contribution is -2.39. The summed E-state index contributed by atoms with van der Waals surface area (Å²) < 4.78 is 10.1. The maximum absolute atomic E-state index is 10.6. The minimum Gasteiger partial charge on any atom is -0.464 e. The van der Waals surface area contributed by atoms with Gasteiger partial charge in [-0.05, 0) is 0 Å². The van der Waals surface area contributed by atoms with E-state index in [0.717, 1.165) is 6.20 Å². The third-order valence-electron chi connectivity index (χ3n) is 1.84. The van der Waals surface area contributed by atoms with Crippen LogP contribution in [0.2, 0.25) is 0 Å². The molecule has 0 spiro atoms. The molecule has 0 aliphatic carbocycles. The lowest BCUT2D eigenvalue weighted by molar-refractivity contribution is -0.386. The molecule has 1 aromatic rings. The standard InChI is InChI=1S/C7H8N4O4/c8-7-9-1-5(11(12)13)6(10-7)15-4-2-14-3-4/h1,4H,2-3H2,(H2,8,9,10). The van der Waals surface area contributed by atoms with Crippen molar-refractivity contribution in [2.24, 2.45) is 0 Å². The smallest absolute Gasteiger partial charge is 0.349 e. The topological polar surface area (TPSA) is 113 Å². The van der Waals surface area contributed by atoms with Gasteiger partial charge < -0.3 is 15.2 Å². The summed E-state index contributed by atoms with van der Waals surface area (Å²) in [6, 6.07) is 0. The highest BCUT2D eigenvalue weighted by atomic mass is 16.6. The summed E-state index contributed by atoms with van der Waals surface area (Å²) in [5, 5.41) is 10.6. The first kappa shape index (κ1) is 9.59. The van der Waals surface area contributed by atoms with E-state index >= 15 is 0 Å². The van der Waals surface area contributed by atoms with Gasteiger partial charge in [-0.25, -0.2) is 4.98 Å². The number of nitrogens with zero attached hydrogens (tertiary/aromatic N) is 3. The fourth-order valence-corrected chi connectivity index (χ4v) is 1.02. The largest absolute Gasteiger partial charge is 0.464 e. The van der Waals surface area contributed by atoms with Gasteiger partial charge in [0.15, 0.2) is 0 Å². The third-order valence-corrected chi connectivity index (χ3v) is 1.84. The third kappa shape index (κ3) is 1.94. The van der Waals surface area contributed by atoms with Crippen molar-refractivity contribution in [3.63, 3.8) is 0 Å². The van der Waals surface area contributed by atoms with E-state index in [4.69, 9.17) is 15.2 Å². The molecular formula is C7H8N4O4. The minimum absolute atomic E-state index is 0.0594. The van der Waals surface area contributed by atoms with E-state index in [1.54, 1.807) is 0 Å². The highest BCUT2D eigenvalue weighted by molar-refractivity contribution is 5.41. The van der Waals surface area contributed by atoms with Gasteiger partial charge in [-0.2, -0.15) is 4.98 Å². The van der Waals surface area contributed by atoms with Crippen LogP contribution in [0.4, 0.5) is 11.6 Å². The number of nitrogen functional groups attached to an aromatic ring is 1. The fraction of sp³-hybridized carbons (Fsp3) is 0.429. The summed E-state index contributed by atoms with van der Waals surface area (Å²) in [4.78, 5) is 17.2. The van der Waals surface area contributed by atoms with Gasteiger partial charge in [0.05, 0.1) is 18.1 Å². The van der Waals surface area contributed by atoms with Crippen molar-refractivity contribution in [1.82, 2.24) is 9.97 Å². The molecule has 0 amide bonds. The van der Waals surface area contributed by atoms with Crippen LogP contribution in [-0.4, -0.2) is 34.2 Å². The average molecular weight is 212 g/mol. The number of hydrogen-bond acceptors (Lipinski definition) is 7. The quantitative estimate of drug-likeness (QED) is 0.542. The maximum Gasteiger partial charge on any atom is 0.349 e. The van der Waals surface area contributed by atoms with E-state index in [1.807, 2.05) is 0 Å². The Morgan fingerprint density at radius 1 is 1.67 bits per heavy atom. The number of nitro groups is 1. The first-order valence-corrected chi connectivity index (χ1v) is 4.18. The van der Waals surface area contributed by atoms with E-state index in [0.29, 0.717) is 13.2 Å². The molecule has 15 heavy (non-hydrogen) atoms. The summed E-state index contributed by atoms with van der Waals surface area (Å²) in [5.41, 5.74) is 5.01. The first-order chi connectivity index (χ1) is 7.16. The second kappa shape index (κ2) is 3.65. The zero-order chi connectivity index (χ0) is 10.8. The van der Waals surface area contributed by atoms with Crippen molar-refractivity contribution in [1.29, 1.82) is 0 Å². The summed E-state index contributed by atoms with van der Waals surface area (Å²) in [5.74, 6) is -0.170. The molecule has 1 fully saturated rings. The molecule has 8 heteroatoms. The monoisotopic (exact) mass is 212 g/mol. The van der Waals surface area contributed by atoms with Crippen LogP contribution in [0.3, 0.4) is 0 Å². The Morgan fingerprint density at radius 2 is 2.40 bits per heavy atom. The van der Waals surface area contributed by atoms with Crippen LogP contribution in [-0.2, 0) is 4.74 Å². The number of rotatable bonds is 3. The summed E-state index contributed by atoms with van der Waals surface area (Å²) >= 11 is 0. The van der Waals surface area contributed by atoms with Gasteiger partial charge in [0.1, 0.15) is 12.3 Å². The molecule has 0 atom stereocenters. The van der Waals surface area contributed by atoms with Crippen LogP contribution < -0.4 is 10.5 Å². The summed E-state index contributed by atoms with van der Waals surface area (Å²) in [7, 11) is 0. The van der Waals surface area contributed by atoms with Crippen molar-refractivity contribution >= 4 is 11.6 Å². The van der Waals surface area contributed by atoms with Gasteiger partial charge >= 0.3 is 5.69 Å². The Balaban J connectivity index is 2.24. The van der Waals surface area contributed by atoms with Gasteiger partial charge in [-0.15, -0.1) is 0 Å². The number of ether oxygens (including phenoxy) is 2. The molecule has 1 saturated heterocycles. The summed E-state index contributed by atoms with van der Waals surface area (Å²) in [6.07, 6.45) is 0.829. The second-order valence-electron chi connectivity index (χ2n) is 2.95. The Morgan fingerprint density at radius 3 is 2.93 bits per heavy atom. The highest BCUT2D eigenvalue weighted by Gasteiger charge is 2.26. The van der Waals surface area contributed by atoms with Crippen molar-refractivity contribution in [2.75, 3.05) is 18.9 Å². The van der Waals surface area contributed by atoms with E-state index in [-0.39, 0.29) is 23.6 Å². The van der Waals surface area contributed by atoms with Crippen molar-refractivity contribution in [3.8, 4) is 5.88 Å². The Bertz CT molecular complexity index is 393. The Labute approximate surface area is 84.2 Å². The van der Waals surface area contributed by atoms with Crippen LogP contribution in [0, 0.1) is 10.1 Å². The lowest BCUT2D eigenvalue weighted by atomic mass is 10.3. The lowest BCUT2D eigenvalue weighted by Gasteiger charge is -2.25. The molecular weight excluding hydrogens is 204 g/mol. The number of hydrogen-bond donors (Lipinski definition) is 1. The predicted molar refractivity (Wildman–Crippen MR) is 48.3 cm³/mol. The van der Waals surface area contributed by atoms with Crippen molar-refractivity contribution in [3.05, 3.63) is 16.3 Å². The predicted octanol–water partition coefficient (Wildman–Crippen LogP) is -0.255. The molecule has 0 saturated carbocycles. The van der Waals surface area contributed by atoms with Crippen LogP contribution in [0.1, 0.15) is 0 Å². The van der Waals surface area contributed by atoms with Crippen LogP contribution in [0.15, 0.2) is 6.20 Å². The SMILES string of the molecule is Nc1ncc([N+](=O)[O-])c(OC2COC2)n1. The van der Waals surface area contributed by atoms with Gasteiger partial charge in [-0.3, -0.25) is 10.1 Å². The van der Waals surface area contributed by atoms with Crippen molar-refractivity contribution < 1.29 is 14.4 Å². The number of aromatic nitrogens is 2. The van der Waals surface area contributed by atoms with Gasteiger partial charge in [0, 0.05) is 0 Å². The molecule has 80 valence electrons. The molecule has 2 N–H and O–H groups in total. The summed E-state index contributed by atoms with van der Waals surface area (Å²) in [6.45, 7) is 0.808. The first-order valence-electron chi connectivity index (χ1n) is 4.18. The molecule has 8 nitrogen and oxygen atoms in total. The molecule has 0 bridgehead atoms. The van der Waals surface area contributed by atoms with Gasteiger partial charge in [0.25, 0.3) is 5.88 Å². The molecule has 0 radical (unpaired) electrons. The normalized spacial score (nSPS) is 15.7. The minimum atomic E-state index is -0.617. The van der Waals surface area contributed by atoms with E-state index in [9.17, 15) is 10.1 Å². The number of anilines is 1. The van der Waals surface area contributed by atoms with Gasteiger partial charge in [0.2, 0.25) is 5.95 Å². The second-order valence-corrected chi connectivity index (χ2v) is 2.95. The zero-order valence-electron chi connectivity index (χ0n) is 7.62. The molecule has 2 rings (SSSR count). The maximum atomic E-state index is 10.6. The highest BCUT2D eigenvalue weighted by Crippen LogP contribution is 2.25. The van der Waals surface area contributed by atoms with Crippen LogP contribution in [0.5, 0.6) is 5.88 Å². The van der Waals surface area contributed by atoms with Crippen molar-refractivity contribution in [2.45, 2.75) is 6.10 Å². The Kier molecular flexibility index (Phi) is 2.34. The van der Waals surface area contributed by atoms with E-state index in [2.05, 4.69) is 9.97 Å². The molecule has 1 aromatic heterocycles. The zero-order valence-corrected chi connectivity index (χ0v) is 7.62. The van der Waals surface area contributed by atoms with Crippen LogP contribution in [0.25, 0.3) is 0 Å². The van der Waals surface area contributed by atoms with Gasteiger partial charge in [-0.1, -0.05) is 0 Å². The number of nitrogens with two attached hydrogens (primary N) is 1. The molecule has 1 aliphatic rings. The van der Waals surface area contributed by atoms with Crippen LogP contribution >= 0.6 is 0 Å². The fourth-order valence-electron chi connectivity index (χ4n) is 1.02. The Hall–Kier alpha value is -1.96. The molecule has 0 unspecified atom stereocenters. The average Bonchev–Trinajstić information content (AvgIpc) is 2.11. The van der Waals surface area contributed by atoms with E-state index in [1.165, 1.54) is 0 Å². The molecule has 2 heterocycles. The molecule has 0 aromatic carbocycles.